The van der Waals surface area contributed by atoms with Crippen LogP contribution in [0.15, 0.2) is 12.1 Å². The van der Waals surface area contributed by atoms with Gasteiger partial charge in [0, 0.05) is 12.0 Å². The van der Waals surface area contributed by atoms with E-state index in [-0.39, 0.29) is 21.4 Å². The average Bonchev–Trinajstić information content (AvgIpc) is 2.13. The maximum absolute atomic E-state index is 13.1. The van der Waals surface area contributed by atoms with Crippen LogP contribution < -0.4 is 0 Å². The Bertz CT molecular complexity index is 350. The van der Waals surface area contributed by atoms with Gasteiger partial charge >= 0.3 is 0 Å². The molecule has 0 aliphatic rings. The number of carbonyl (C=O) groups is 1. The minimum atomic E-state index is -0.734. The van der Waals surface area contributed by atoms with E-state index in [0.29, 0.717) is 6.42 Å². The minimum absolute atomic E-state index is 0.0716. The Hall–Kier alpha value is -0.600. The van der Waals surface area contributed by atoms with Gasteiger partial charge in [-0.25, -0.2) is 4.39 Å². The van der Waals surface area contributed by atoms with Crippen molar-refractivity contribution in [1.82, 2.24) is 0 Å². The van der Waals surface area contributed by atoms with Crippen molar-refractivity contribution in [1.29, 1.82) is 0 Å². The lowest BCUT2D eigenvalue weighted by molar-refractivity contribution is 0.0988. The molecular weight excluding hydrogens is 214 g/mol. The molecule has 0 saturated carbocycles. The van der Waals surface area contributed by atoms with Gasteiger partial charge in [0.15, 0.2) is 11.6 Å². The fourth-order valence-electron chi connectivity index (χ4n) is 0.932. The van der Waals surface area contributed by atoms with Crippen molar-refractivity contribution >= 4 is 29.0 Å². The Morgan fingerprint density at radius 1 is 1.46 bits per heavy atom. The second-order valence-corrected chi connectivity index (χ2v) is 3.28. The number of carbonyl (C=O) groups excluding carboxylic acids is 1. The third-order valence-electron chi connectivity index (χ3n) is 1.66. The molecule has 0 N–H and O–H groups in total. The van der Waals surface area contributed by atoms with Gasteiger partial charge in [0.05, 0.1) is 10.0 Å². The van der Waals surface area contributed by atoms with Crippen LogP contribution in [-0.4, -0.2) is 5.78 Å². The van der Waals surface area contributed by atoms with Crippen molar-refractivity contribution in [2.45, 2.75) is 13.3 Å². The zero-order valence-electron chi connectivity index (χ0n) is 6.90. The van der Waals surface area contributed by atoms with Crippen LogP contribution in [0.25, 0.3) is 0 Å². The van der Waals surface area contributed by atoms with Crippen LogP contribution in [0.4, 0.5) is 4.39 Å². The molecule has 1 nitrogen and oxygen atoms in total. The van der Waals surface area contributed by atoms with E-state index in [1.165, 1.54) is 12.1 Å². The Morgan fingerprint density at radius 2 is 2.08 bits per heavy atom. The summed E-state index contributed by atoms with van der Waals surface area (Å²) < 4.78 is 13.1. The molecule has 13 heavy (non-hydrogen) atoms. The quantitative estimate of drug-likeness (QED) is 0.549. The van der Waals surface area contributed by atoms with Crippen LogP contribution in [0.1, 0.15) is 23.7 Å². The highest BCUT2D eigenvalue weighted by atomic mass is 35.5. The highest BCUT2D eigenvalue weighted by Crippen LogP contribution is 2.26. The average molecular weight is 221 g/mol. The summed E-state index contributed by atoms with van der Waals surface area (Å²) in [5.74, 6) is -0.928. The fourth-order valence-corrected chi connectivity index (χ4v) is 1.41. The van der Waals surface area contributed by atoms with E-state index < -0.39 is 5.82 Å². The molecule has 1 aromatic rings. The lowest BCUT2D eigenvalue weighted by Gasteiger charge is -2.03. The van der Waals surface area contributed by atoms with E-state index >= 15 is 0 Å². The first kappa shape index (κ1) is 10.5. The van der Waals surface area contributed by atoms with Gasteiger partial charge in [-0.2, -0.15) is 0 Å². The zero-order chi connectivity index (χ0) is 10.0. The molecule has 0 amide bonds. The number of halogens is 3. The third-order valence-corrected chi connectivity index (χ3v) is 2.32. The topological polar surface area (TPSA) is 17.1 Å². The Balaban J connectivity index is 3.26. The summed E-state index contributed by atoms with van der Waals surface area (Å²) in [6.07, 6.45) is 0.292. The summed E-state index contributed by atoms with van der Waals surface area (Å²) in [4.78, 5) is 11.2. The molecule has 0 spiro atoms. The van der Waals surface area contributed by atoms with Gasteiger partial charge in [0.1, 0.15) is 0 Å². The molecule has 0 atom stereocenters. The largest absolute Gasteiger partial charge is 0.294 e. The molecule has 0 unspecified atom stereocenters. The molecule has 70 valence electrons. The van der Waals surface area contributed by atoms with E-state index in [0.717, 1.165) is 0 Å². The molecule has 0 radical (unpaired) electrons. The van der Waals surface area contributed by atoms with Gasteiger partial charge in [-0.15, -0.1) is 0 Å². The van der Waals surface area contributed by atoms with Crippen LogP contribution in [0, 0.1) is 5.82 Å². The molecule has 0 aliphatic carbocycles. The van der Waals surface area contributed by atoms with Crippen LogP contribution in [-0.2, 0) is 0 Å². The van der Waals surface area contributed by atoms with Gasteiger partial charge in [-0.3, -0.25) is 4.79 Å². The number of hydrogen-bond donors (Lipinski definition) is 0. The molecule has 0 bridgehead atoms. The van der Waals surface area contributed by atoms with Gasteiger partial charge in [-0.05, 0) is 12.1 Å². The molecular formula is C9H7Cl2FO. The van der Waals surface area contributed by atoms with E-state index in [9.17, 15) is 9.18 Å². The SMILES string of the molecule is CCC(=O)c1ccc(Cl)c(F)c1Cl. The Labute approximate surface area is 85.5 Å². The van der Waals surface area contributed by atoms with Gasteiger partial charge in [-0.1, -0.05) is 30.1 Å². The van der Waals surface area contributed by atoms with Gasteiger partial charge < -0.3 is 0 Å². The molecule has 0 aliphatic heterocycles. The van der Waals surface area contributed by atoms with Crippen molar-refractivity contribution < 1.29 is 9.18 Å². The predicted molar refractivity (Wildman–Crippen MR) is 51.0 cm³/mol. The lowest BCUT2D eigenvalue weighted by atomic mass is 10.1. The number of ketones is 1. The predicted octanol–water partition coefficient (Wildman–Crippen LogP) is 3.73. The van der Waals surface area contributed by atoms with Gasteiger partial charge in [0.2, 0.25) is 0 Å². The highest BCUT2D eigenvalue weighted by Gasteiger charge is 2.14. The minimum Gasteiger partial charge on any atom is -0.294 e. The second-order valence-electron chi connectivity index (χ2n) is 2.50. The van der Waals surface area contributed by atoms with E-state index in [1.807, 2.05) is 0 Å². The normalized spacial score (nSPS) is 10.2. The van der Waals surface area contributed by atoms with E-state index in [2.05, 4.69) is 0 Å². The zero-order valence-corrected chi connectivity index (χ0v) is 8.42. The van der Waals surface area contributed by atoms with Crippen molar-refractivity contribution in [2.75, 3.05) is 0 Å². The van der Waals surface area contributed by atoms with E-state index in [1.54, 1.807) is 6.92 Å². The molecule has 1 rings (SSSR count). The van der Waals surface area contributed by atoms with E-state index in [4.69, 9.17) is 23.2 Å². The monoisotopic (exact) mass is 220 g/mol. The summed E-state index contributed by atoms with van der Waals surface area (Å²) in [7, 11) is 0. The van der Waals surface area contributed by atoms with Crippen LogP contribution in [0.5, 0.6) is 0 Å². The Morgan fingerprint density at radius 3 is 2.62 bits per heavy atom. The maximum atomic E-state index is 13.1. The lowest BCUT2D eigenvalue weighted by Crippen LogP contribution is -1.99. The molecule has 4 heteroatoms. The standard InChI is InChI=1S/C9H7Cl2FO/c1-2-7(13)5-3-4-6(10)9(12)8(5)11/h3-4H,2H2,1H3. The molecule has 0 aromatic heterocycles. The van der Waals surface area contributed by atoms with Crippen LogP contribution >= 0.6 is 23.2 Å². The number of benzene rings is 1. The Kier molecular flexibility index (Phi) is 3.28. The van der Waals surface area contributed by atoms with Crippen molar-refractivity contribution in [2.24, 2.45) is 0 Å². The third kappa shape index (κ3) is 2.01. The first-order valence-electron chi connectivity index (χ1n) is 3.74. The number of hydrogen-bond acceptors (Lipinski definition) is 1. The molecule has 0 fully saturated rings. The summed E-state index contributed by atoms with van der Waals surface area (Å²) >= 11 is 11.1. The van der Waals surface area contributed by atoms with Crippen molar-refractivity contribution in [3.8, 4) is 0 Å². The molecule has 0 heterocycles. The highest BCUT2D eigenvalue weighted by molar-refractivity contribution is 6.37. The first-order valence-corrected chi connectivity index (χ1v) is 4.50. The molecule has 1 aromatic carbocycles. The summed E-state index contributed by atoms with van der Waals surface area (Å²) in [6.45, 7) is 1.69. The van der Waals surface area contributed by atoms with Crippen LogP contribution in [0.3, 0.4) is 0 Å². The number of rotatable bonds is 2. The van der Waals surface area contributed by atoms with Crippen molar-refractivity contribution in [3.05, 3.63) is 33.6 Å². The smallest absolute Gasteiger partial charge is 0.164 e. The number of Topliss-reactive ketones (excluding diaryl/α,β-unsaturated/α-hetero) is 1. The maximum Gasteiger partial charge on any atom is 0.164 e. The summed E-state index contributed by atoms with van der Waals surface area (Å²) in [5, 5.41) is -0.267. The van der Waals surface area contributed by atoms with Gasteiger partial charge in [0.25, 0.3) is 0 Å². The second kappa shape index (κ2) is 4.07. The fraction of sp³-hybridized carbons (Fsp3) is 0.222. The van der Waals surface area contributed by atoms with Crippen molar-refractivity contribution in [3.63, 3.8) is 0 Å². The summed E-state index contributed by atoms with van der Waals surface area (Å²) in [5.41, 5.74) is 0.186. The van der Waals surface area contributed by atoms with Crippen LogP contribution in [0.2, 0.25) is 10.0 Å². The first-order chi connectivity index (χ1) is 6.07. The summed E-state index contributed by atoms with van der Waals surface area (Å²) in [6, 6.07) is 2.76. The molecule has 0 saturated heterocycles.